The zero-order chi connectivity index (χ0) is 24.1. The molecule has 178 valence electrons. The van der Waals surface area contributed by atoms with E-state index in [1.54, 1.807) is 0 Å². The zero-order valence-corrected chi connectivity index (χ0v) is 18.6. The minimum Gasteiger partial charge on any atom is -0.481 e. The van der Waals surface area contributed by atoms with E-state index in [1.807, 2.05) is 48.5 Å². The highest BCUT2D eigenvalue weighted by Gasteiger charge is 2.34. The molecule has 0 saturated heterocycles. The number of carboxylic acid groups (broad SMARTS) is 1. The van der Waals surface area contributed by atoms with Crippen LogP contribution in [0.2, 0.25) is 0 Å². The van der Waals surface area contributed by atoms with Crippen molar-refractivity contribution in [3.63, 3.8) is 0 Å². The van der Waals surface area contributed by atoms with E-state index in [1.165, 1.54) is 0 Å². The highest BCUT2D eigenvalue weighted by molar-refractivity contribution is 5.87. The molecule has 0 heterocycles. The second-order valence-electron chi connectivity index (χ2n) is 8.51. The summed E-state index contributed by atoms with van der Waals surface area (Å²) in [6, 6.07) is 15.5. The largest absolute Gasteiger partial charge is 0.481 e. The molecule has 34 heavy (non-hydrogen) atoms. The molecule has 0 unspecified atom stereocenters. The molecule has 9 nitrogen and oxygen atoms in total. The van der Waals surface area contributed by atoms with E-state index in [-0.39, 0.29) is 25.6 Å². The monoisotopic (exact) mass is 465 g/mol. The number of fused-ring (bicyclic) bond motifs is 3. The van der Waals surface area contributed by atoms with Crippen LogP contribution < -0.4 is 16.0 Å². The molecule has 2 aromatic carbocycles. The van der Waals surface area contributed by atoms with Crippen molar-refractivity contribution in [2.75, 3.05) is 19.7 Å². The maximum Gasteiger partial charge on any atom is 0.407 e. The lowest BCUT2D eigenvalue weighted by Crippen LogP contribution is -2.46. The molecule has 2 aliphatic carbocycles. The van der Waals surface area contributed by atoms with E-state index >= 15 is 0 Å². The van der Waals surface area contributed by atoms with Crippen molar-refractivity contribution in [1.82, 2.24) is 16.0 Å². The Balaban J connectivity index is 1.19. The van der Waals surface area contributed by atoms with Crippen LogP contribution in [0.1, 0.15) is 36.3 Å². The molecule has 0 radical (unpaired) electrons. The van der Waals surface area contributed by atoms with E-state index in [0.29, 0.717) is 12.8 Å². The summed E-state index contributed by atoms with van der Waals surface area (Å²) < 4.78 is 5.37. The van der Waals surface area contributed by atoms with Crippen molar-refractivity contribution >= 4 is 23.9 Å². The molecule has 2 aromatic rings. The molecule has 0 aromatic heterocycles. The Labute approximate surface area is 196 Å². The van der Waals surface area contributed by atoms with Gasteiger partial charge in [0, 0.05) is 12.0 Å². The highest BCUT2D eigenvalue weighted by atomic mass is 16.5. The Hall–Kier alpha value is -3.88. The fraction of sp³-hybridized carbons (Fsp3) is 0.360. The van der Waals surface area contributed by atoms with Crippen molar-refractivity contribution in [3.8, 4) is 11.1 Å². The van der Waals surface area contributed by atoms with Gasteiger partial charge in [-0.05, 0) is 35.1 Å². The smallest absolute Gasteiger partial charge is 0.407 e. The van der Waals surface area contributed by atoms with Gasteiger partial charge in [0.05, 0.1) is 12.5 Å². The van der Waals surface area contributed by atoms with Crippen LogP contribution in [0.4, 0.5) is 4.79 Å². The Morgan fingerprint density at radius 2 is 1.47 bits per heavy atom. The predicted octanol–water partition coefficient (Wildman–Crippen LogP) is 2.01. The number of ether oxygens (including phenoxy) is 1. The first kappa shape index (κ1) is 23.3. The maximum atomic E-state index is 12.1. The molecular formula is C25H27N3O6. The van der Waals surface area contributed by atoms with Crippen LogP contribution in [0.15, 0.2) is 48.5 Å². The number of aliphatic carboxylic acids is 1. The number of amides is 3. The molecule has 9 heteroatoms. The van der Waals surface area contributed by atoms with Gasteiger partial charge >= 0.3 is 12.1 Å². The van der Waals surface area contributed by atoms with E-state index in [2.05, 4.69) is 16.0 Å². The fourth-order valence-electron chi connectivity index (χ4n) is 4.73. The lowest BCUT2D eigenvalue weighted by molar-refractivity contribution is -0.142. The predicted molar refractivity (Wildman–Crippen MR) is 123 cm³/mol. The van der Waals surface area contributed by atoms with Crippen LogP contribution in [0.5, 0.6) is 0 Å². The summed E-state index contributed by atoms with van der Waals surface area (Å²) in [5.41, 5.74) is 4.43. The second kappa shape index (κ2) is 10.4. The number of carboxylic acids is 1. The van der Waals surface area contributed by atoms with Gasteiger partial charge in [0.2, 0.25) is 11.8 Å². The van der Waals surface area contributed by atoms with Gasteiger partial charge in [-0.2, -0.15) is 0 Å². The van der Waals surface area contributed by atoms with Gasteiger partial charge in [0.15, 0.2) is 0 Å². The van der Waals surface area contributed by atoms with Gasteiger partial charge in [-0.25, -0.2) is 4.79 Å². The maximum absolute atomic E-state index is 12.1. The number of carbonyl (C=O) groups excluding carboxylic acids is 3. The Kier molecular flexibility index (Phi) is 7.10. The average molecular weight is 466 g/mol. The van der Waals surface area contributed by atoms with Crippen molar-refractivity contribution in [1.29, 1.82) is 0 Å². The minimum atomic E-state index is -0.931. The van der Waals surface area contributed by atoms with Gasteiger partial charge in [0.25, 0.3) is 0 Å². The number of hydrogen-bond donors (Lipinski definition) is 4. The first-order valence-electron chi connectivity index (χ1n) is 11.3. The number of nitrogens with one attached hydrogen (secondary N) is 3. The summed E-state index contributed by atoms with van der Waals surface area (Å²) in [5, 5.41) is 16.6. The fourth-order valence-corrected chi connectivity index (χ4v) is 4.73. The van der Waals surface area contributed by atoms with Gasteiger partial charge in [-0.15, -0.1) is 0 Å². The van der Waals surface area contributed by atoms with E-state index in [0.717, 1.165) is 28.7 Å². The summed E-state index contributed by atoms with van der Waals surface area (Å²) in [6.07, 6.45) is 1.13. The lowest BCUT2D eigenvalue weighted by Gasteiger charge is -2.17. The van der Waals surface area contributed by atoms with Crippen molar-refractivity contribution in [3.05, 3.63) is 59.7 Å². The number of rotatable bonds is 8. The van der Waals surface area contributed by atoms with Crippen molar-refractivity contribution in [2.45, 2.75) is 31.2 Å². The van der Waals surface area contributed by atoms with Crippen LogP contribution in [-0.2, 0) is 19.1 Å². The van der Waals surface area contributed by atoms with Gasteiger partial charge in [-0.1, -0.05) is 55.0 Å². The van der Waals surface area contributed by atoms with Gasteiger partial charge in [0.1, 0.15) is 13.2 Å². The van der Waals surface area contributed by atoms with Crippen LogP contribution in [0, 0.1) is 5.92 Å². The first-order valence-corrected chi connectivity index (χ1v) is 11.3. The number of alkyl carbamates (subject to hydrolysis) is 1. The summed E-state index contributed by atoms with van der Waals surface area (Å²) in [4.78, 5) is 47.4. The van der Waals surface area contributed by atoms with Crippen molar-refractivity contribution < 1.29 is 29.0 Å². The van der Waals surface area contributed by atoms with E-state index < -0.39 is 35.8 Å². The van der Waals surface area contributed by atoms with Gasteiger partial charge < -0.3 is 25.8 Å². The molecule has 0 aliphatic heterocycles. The third-order valence-electron chi connectivity index (χ3n) is 6.36. The normalized spacial score (nSPS) is 18.5. The molecule has 2 atom stereocenters. The van der Waals surface area contributed by atoms with Crippen LogP contribution >= 0.6 is 0 Å². The SMILES string of the molecule is O=C(CNC(=O)OCC1c2ccccc2-c2ccccc21)NCC(=O)N[C@H]1CCC[C@H]1C(=O)O. The third-order valence-corrected chi connectivity index (χ3v) is 6.36. The molecule has 1 fully saturated rings. The minimum absolute atomic E-state index is 0.0825. The molecule has 4 N–H and O–H groups in total. The van der Waals surface area contributed by atoms with Crippen LogP contribution in [0.25, 0.3) is 11.1 Å². The van der Waals surface area contributed by atoms with Gasteiger partial charge in [-0.3, -0.25) is 14.4 Å². The number of carbonyl (C=O) groups is 4. The summed E-state index contributed by atoms with van der Waals surface area (Å²) in [5.74, 6) is -2.63. The third kappa shape index (κ3) is 5.19. The topological polar surface area (TPSA) is 134 Å². The Bertz CT molecular complexity index is 1060. The standard InChI is InChI=1S/C25H27N3O6/c29-22(26-13-23(30)28-21-11-5-10-19(21)24(31)32)12-27-25(33)34-14-20-17-8-3-1-6-15(17)16-7-2-4-9-18(16)20/h1-4,6-9,19-21H,5,10-14H2,(H,26,29)(H,27,33)(H,28,30)(H,31,32)/t19-,21+/m1/s1. The Morgan fingerprint density at radius 1 is 0.853 bits per heavy atom. The lowest BCUT2D eigenvalue weighted by atomic mass is 9.98. The average Bonchev–Trinajstić information content (AvgIpc) is 3.43. The second-order valence-corrected chi connectivity index (χ2v) is 8.51. The van der Waals surface area contributed by atoms with E-state index in [9.17, 15) is 24.3 Å². The number of hydrogen-bond acceptors (Lipinski definition) is 5. The Morgan fingerprint density at radius 3 is 2.12 bits per heavy atom. The van der Waals surface area contributed by atoms with E-state index in [4.69, 9.17) is 4.74 Å². The molecule has 0 bridgehead atoms. The molecule has 0 spiro atoms. The van der Waals surface area contributed by atoms with Crippen LogP contribution in [-0.4, -0.2) is 54.7 Å². The molecular weight excluding hydrogens is 438 g/mol. The van der Waals surface area contributed by atoms with Crippen molar-refractivity contribution in [2.24, 2.45) is 5.92 Å². The molecule has 2 aliphatic rings. The van der Waals surface area contributed by atoms with Crippen LogP contribution in [0.3, 0.4) is 0 Å². The summed E-state index contributed by atoms with van der Waals surface area (Å²) >= 11 is 0. The highest BCUT2D eigenvalue weighted by Crippen LogP contribution is 2.44. The first-order chi connectivity index (χ1) is 16.4. The summed E-state index contributed by atoms with van der Waals surface area (Å²) in [7, 11) is 0. The number of benzene rings is 2. The zero-order valence-electron chi connectivity index (χ0n) is 18.6. The molecule has 3 amide bonds. The quantitative estimate of drug-likeness (QED) is 0.471. The summed E-state index contributed by atoms with van der Waals surface area (Å²) in [6.45, 7) is -0.505. The molecule has 4 rings (SSSR count). The molecule has 1 saturated carbocycles.